The number of aliphatic hydroxyl groups excluding tert-OH is 1. The molecule has 0 radical (unpaired) electrons. The summed E-state index contributed by atoms with van der Waals surface area (Å²) in [6.45, 7) is 0. The molecule has 1 atom stereocenters. The zero-order chi connectivity index (χ0) is 27.1. The molecule has 1 aliphatic rings. The second-order valence-corrected chi connectivity index (χ2v) is 9.69. The summed E-state index contributed by atoms with van der Waals surface area (Å²) in [5.74, 6) is -1.93. The molecule has 4 aromatic rings. The van der Waals surface area contributed by atoms with E-state index in [9.17, 15) is 19.1 Å². The summed E-state index contributed by atoms with van der Waals surface area (Å²) in [5.41, 5.74) is 0.934. The predicted molar refractivity (Wildman–Crippen MR) is 142 cm³/mol. The maximum Gasteiger partial charge on any atom is 0.301 e. The molecular formula is C27H20ClFN2O6S. The summed E-state index contributed by atoms with van der Waals surface area (Å²) in [5, 5.41) is 12.0. The van der Waals surface area contributed by atoms with Gasteiger partial charge >= 0.3 is 5.91 Å². The highest BCUT2D eigenvalue weighted by Crippen LogP contribution is 2.48. The van der Waals surface area contributed by atoms with Gasteiger partial charge in [0.1, 0.15) is 11.6 Å². The fraction of sp³-hybridized carbons (Fsp3) is 0.148. The molecule has 5 rings (SSSR count). The van der Waals surface area contributed by atoms with Crippen LogP contribution in [-0.4, -0.2) is 43.1 Å². The molecule has 1 aliphatic heterocycles. The summed E-state index contributed by atoms with van der Waals surface area (Å²) in [6.07, 6.45) is 0. The first-order valence-electron chi connectivity index (χ1n) is 11.2. The van der Waals surface area contributed by atoms with Gasteiger partial charge in [-0.3, -0.25) is 14.5 Å². The first-order valence-corrected chi connectivity index (χ1v) is 12.4. The van der Waals surface area contributed by atoms with E-state index in [1.807, 2.05) is 0 Å². The van der Waals surface area contributed by atoms with Crippen molar-refractivity contribution in [1.82, 2.24) is 4.98 Å². The number of carbonyl (C=O) groups is 2. The van der Waals surface area contributed by atoms with Gasteiger partial charge in [0.15, 0.2) is 16.6 Å². The number of hydrogen-bond acceptors (Lipinski definition) is 8. The number of amides is 1. The van der Waals surface area contributed by atoms with E-state index < -0.39 is 29.3 Å². The van der Waals surface area contributed by atoms with E-state index in [4.69, 9.17) is 25.8 Å². The molecule has 1 amide bonds. The van der Waals surface area contributed by atoms with E-state index in [-0.39, 0.29) is 27.8 Å². The van der Waals surface area contributed by atoms with Crippen molar-refractivity contribution < 1.29 is 33.3 Å². The molecule has 0 saturated carbocycles. The number of aliphatic hydroxyl groups is 1. The molecule has 38 heavy (non-hydrogen) atoms. The van der Waals surface area contributed by atoms with Crippen molar-refractivity contribution in [3.05, 3.63) is 82.1 Å². The van der Waals surface area contributed by atoms with Crippen molar-refractivity contribution in [2.24, 2.45) is 0 Å². The van der Waals surface area contributed by atoms with Crippen LogP contribution in [0.25, 0.3) is 16.0 Å². The lowest BCUT2D eigenvalue weighted by Gasteiger charge is -2.24. The number of nitrogens with zero attached hydrogens (tertiary/aromatic N) is 2. The smallest absolute Gasteiger partial charge is 0.301 e. The lowest BCUT2D eigenvalue weighted by Crippen LogP contribution is -2.29. The molecule has 2 heterocycles. The molecule has 0 bridgehead atoms. The number of benzene rings is 3. The quantitative estimate of drug-likeness (QED) is 0.184. The van der Waals surface area contributed by atoms with E-state index in [0.29, 0.717) is 26.6 Å². The molecule has 1 aromatic heterocycles. The summed E-state index contributed by atoms with van der Waals surface area (Å²) in [4.78, 5) is 32.7. The highest BCUT2D eigenvalue weighted by atomic mass is 35.5. The monoisotopic (exact) mass is 554 g/mol. The standard InChI is InChI=1S/C27H20ClFN2O6S/c1-35-18-10-14(11-19(36-2)25(18)37-3)22-21(23(32)13-4-7-16(29)8-5-13)24(33)26(34)31(22)27-30-17-9-6-15(28)12-20(17)38-27/h4-12,22,32H,1-3H3/b23-21+. The minimum atomic E-state index is -1.12. The SMILES string of the molecule is COc1cc(C2/C(=C(\O)c3ccc(F)cc3)C(=O)C(=O)N2c2nc3ccc(Cl)cc3s2)cc(OC)c1OC. The van der Waals surface area contributed by atoms with Crippen LogP contribution in [0.2, 0.25) is 5.02 Å². The second-order valence-electron chi connectivity index (χ2n) is 8.24. The topological polar surface area (TPSA) is 98.2 Å². The number of halogens is 2. The van der Waals surface area contributed by atoms with Gasteiger partial charge in [-0.15, -0.1) is 0 Å². The first kappa shape index (κ1) is 25.5. The summed E-state index contributed by atoms with van der Waals surface area (Å²) < 4.78 is 30.7. The Balaban J connectivity index is 1.78. The fourth-order valence-electron chi connectivity index (χ4n) is 4.36. The third-order valence-corrected chi connectivity index (χ3v) is 7.36. The van der Waals surface area contributed by atoms with E-state index in [2.05, 4.69) is 4.98 Å². The van der Waals surface area contributed by atoms with Crippen LogP contribution >= 0.6 is 22.9 Å². The molecule has 11 heteroatoms. The summed E-state index contributed by atoms with van der Waals surface area (Å²) in [6, 6.07) is 12.1. The number of aromatic nitrogens is 1. The van der Waals surface area contributed by atoms with Crippen molar-refractivity contribution in [3.63, 3.8) is 0 Å². The molecule has 1 fully saturated rings. The minimum absolute atomic E-state index is 0.165. The normalized spacial score (nSPS) is 16.8. The lowest BCUT2D eigenvalue weighted by atomic mass is 9.94. The van der Waals surface area contributed by atoms with Gasteiger partial charge in [-0.25, -0.2) is 9.37 Å². The maximum absolute atomic E-state index is 13.6. The molecule has 3 aromatic carbocycles. The average Bonchev–Trinajstić information content (AvgIpc) is 3.45. The van der Waals surface area contributed by atoms with Crippen molar-refractivity contribution in [2.45, 2.75) is 6.04 Å². The summed E-state index contributed by atoms with van der Waals surface area (Å²) in [7, 11) is 4.33. The van der Waals surface area contributed by atoms with Gasteiger partial charge in [-0.1, -0.05) is 22.9 Å². The van der Waals surface area contributed by atoms with Crippen LogP contribution in [0, 0.1) is 5.82 Å². The Morgan fingerprint density at radius 1 is 1.00 bits per heavy atom. The first-order chi connectivity index (χ1) is 18.3. The van der Waals surface area contributed by atoms with Crippen LogP contribution in [0.3, 0.4) is 0 Å². The second kappa shape index (κ2) is 9.96. The van der Waals surface area contributed by atoms with E-state index in [1.165, 1.54) is 49.7 Å². The zero-order valence-corrected chi connectivity index (χ0v) is 21.9. The van der Waals surface area contributed by atoms with Crippen LogP contribution < -0.4 is 19.1 Å². The molecule has 0 spiro atoms. The highest BCUT2D eigenvalue weighted by Gasteiger charge is 2.48. The van der Waals surface area contributed by atoms with E-state index in [0.717, 1.165) is 12.1 Å². The van der Waals surface area contributed by atoms with Gasteiger partial charge in [0.2, 0.25) is 5.75 Å². The van der Waals surface area contributed by atoms with Gasteiger partial charge in [-0.2, -0.15) is 0 Å². The Morgan fingerprint density at radius 2 is 1.66 bits per heavy atom. The number of ether oxygens (including phenoxy) is 3. The van der Waals surface area contributed by atoms with Gasteiger partial charge in [0.05, 0.1) is 43.2 Å². The number of carbonyl (C=O) groups excluding carboxylic acids is 2. The van der Waals surface area contributed by atoms with Gasteiger partial charge in [0.25, 0.3) is 5.78 Å². The van der Waals surface area contributed by atoms with Crippen LogP contribution in [-0.2, 0) is 9.59 Å². The number of methoxy groups -OCH3 is 3. The number of fused-ring (bicyclic) bond motifs is 1. The fourth-order valence-corrected chi connectivity index (χ4v) is 5.63. The van der Waals surface area contributed by atoms with Crippen molar-refractivity contribution in [1.29, 1.82) is 0 Å². The lowest BCUT2D eigenvalue weighted by molar-refractivity contribution is -0.132. The Labute approximate surface area is 225 Å². The molecule has 1 unspecified atom stereocenters. The minimum Gasteiger partial charge on any atom is -0.507 e. The number of ketones is 1. The van der Waals surface area contributed by atoms with Gasteiger partial charge in [0, 0.05) is 10.6 Å². The van der Waals surface area contributed by atoms with Crippen LogP contribution in [0.1, 0.15) is 17.2 Å². The Hall–Kier alpha value is -4.15. The van der Waals surface area contributed by atoms with E-state index in [1.54, 1.807) is 30.3 Å². The molecule has 0 aliphatic carbocycles. The van der Waals surface area contributed by atoms with Crippen LogP contribution in [0.4, 0.5) is 9.52 Å². The maximum atomic E-state index is 13.6. The predicted octanol–water partition coefficient (Wildman–Crippen LogP) is 5.74. The van der Waals surface area contributed by atoms with E-state index >= 15 is 0 Å². The number of anilines is 1. The van der Waals surface area contributed by atoms with Crippen LogP contribution in [0.15, 0.2) is 60.2 Å². The van der Waals surface area contributed by atoms with Crippen molar-refractivity contribution in [2.75, 3.05) is 26.2 Å². The van der Waals surface area contributed by atoms with Gasteiger partial charge < -0.3 is 19.3 Å². The summed E-state index contributed by atoms with van der Waals surface area (Å²) >= 11 is 7.31. The average molecular weight is 555 g/mol. The number of hydrogen-bond donors (Lipinski definition) is 1. The molecular weight excluding hydrogens is 535 g/mol. The van der Waals surface area contributed by atoms with Crippen LogP contribution in [0.5, 0.6) is 17.2 Å². The zero-order valence-electron chi connectivity index (χ0n) is 20.3. The molecule has 1 N–H and O–H groups in total. The number of Topliss-reactive ketones (excluding diaryl/α,β-unsaturated/α-hetero) is 1. The third-order valence-electron chi connectivity index (χ3n) is 6.11. The Morgan fingerprint density at radius 3 is 2.26 bits per heavy atom. The largest absolute Gasteiger partial charge is 0.507 e. The van der Waals surface area contributed by atoms with Crippen molar-refractivity contribution >= 4 is 55.7 Å². The third kappa shape index (κ3) is 4.21. The van der Waals surface area contributed by atoms with Crippen molar-refractivity contribution in [3.8, 4) is 17.2 Å². The molecule has 194 valence electrons. The Bertz CT molecular complexity index is 1590. The van der Waals surface area contributed by atoms with Gasteiger partial charge in [-0.05, 0) is 60.2 Å². The molecule has 1 saturated heterocycles. The highest BCUT2D eigenvalue weighted by molar-refractivity contribution is 7.22. The number of rotatable bonds is 6. The Kier molecular flexibility index (Phi) is 6.68. The molecule has 8 nitrogen and oxygen atoms in total. The number of thiazole rings is 1.